The standard InChI is InChI=1S/C20H17BrClFN2O3/c1-3-27-18-9-17-12(8-14(18)21)19(13(10-24-17)20(26)28-4-2)25-11-5-6-16(23)15(22)7-11/h5-10H,3-4H2,1-2H3,(H,24,25). The van der Waals surface area contributed by atoms with Crippen molar-refractivity contribution in [3.05, 3.63) is 57.4 Å². The van der Waals surface area contributed by atoms with Gasteiger partial charge in [-0.3, -0.25) is 4.98 Å². The number of nitrogens with one attached hydrogen (secondary N) is 1. The first kappa shape index (κ1) is 20.4. The van der Waals surface area contributed by atoms with Crippen molar-refractivity contribution >= 4 is 55.8 Å². The molecule has 1 aromatic heterocycles. The maximum absolute atomic E-state index is 13.5. The molecule has 0 saturated heterocycles. The Labute approximate surface area is 174 Å². The molecule has 0 amide bonds. The van der Waals surface area contributed by atoms with Gasteiger partial charge in [0.2, 0.25) is 0 Å². The number of benzene rings is 2. The van der Waals surface area contributed by atoms with E-state index in [0.717, 1.165) is 0 Å². The first-order valence-corrected chi connectivity index (χ1v) is 9.76. The van der Waals surface area contributed by atoms with Gasteiger partial charge in [-0.2, -0.15) is 0 Å². The van der Waals surface area contributed by atoms with E-state index in [-0.39, 0.29) is 17.2 Å². The second kappa shape index (κ2) is 8.75. The van der Waals surface area contributed by atoms with Crippen molar-refractivity contribution in [2.24, 2.45) is 0 Å². The summed E-state index contributed by atoms with van der Waals surface area (Å²) in [5.74, 6) is -0.402. The van der Waals surface area contributed by atoms with Crippen molar-refractivity contribution in [2.45, 2.75) is 13.8 Å². The smallest absolute Gasteiger partial charge is 0.341 e. The van der Waals surface area contributed by atoms with E-state index in [1.54, 1.807) is 13.0 Å². The van der Waals surface area contributed by atoms with Gasteiger partial charge in [-0.25, -0.2) is 9.18 Å². The van der Waals surface area contributed by atoms with Crippen molar-refractivity contribution in [3.63, 3.8) is 0 Å². The van der Waals surface area contributed by atoms with E-state index in [1.165, 1.54) is 24.4 Å². The topological polar surface area (TPSA) is 60.5 Å². The second-order valence-electron chi connectivity index (χ2n) is 5.75. The molecule has 146 valence electrons. The number of nitrogens with zero attached hydrogens (tertiary/aromatic N) is 1. The highest BCUT2D eigenvalue weighted by Crippen LogP contribution is 2.36. The number of hydrogen-bond acceptors (Lipinski definition) is 5. The summed E-state index contributed by atoms with van der Waals surface area (Å²) in [6.07, 6.45) is 1.44. The number of hydrogen-bond donors (Lipinski definition) is 1. The van der Waals surface area contributed by atoms with Crippen LogP contribution in [0.15, 0.2) is 41.0 Å². The first-order valence-electron chi connectivity index (χ1n) is 8.58. The maximum atomic E-state index is 13.5. The Bertz CT molecular complexity index is 1050. The lowest BCUT2D eigenvalue weighted by Gasteiger charge is -2.16. The molecule has 0 atom stereocenters. The number of anilines is 2. The molecule has 1 N–H and O–H groups in total. The number of esters is 1. The molecule has 0 spiro atoms. The number of carbonyl (C=O) groups is 1. The molecule has 3 aromatic rings. The number of aromatic nitrogens is 1. The fourth-order valence-corrected chi connectivity index (χ4v) is 3.31. The van der Waals surface area contributed by atoms with Gasteiger partial charge in [-0.15, -0.1) is 0 Å². The van der Waals surface area contributed by atoms with Crippen LogP contribution < -0.4 is 10.1 Å². The van der Waals surface area contributed by atoms with Gasteiger partial charge >= 0.3 is 5.97 Å². The van der Waals surface area contributed by atoms with Crippen LogP contribution in [0.2, 0.25) is 5.02 Å². The Morgan fingerprint density at radius 2 is 2.04 bits per heavy atom. The summed E-state index contributed by atoms with van der Waals surface area (Å²) in [5, 5.41) is 3.79. The first-order chi connectivity index (χ1) is 13.4. The van der Waals surface area contributed by atoms with Crippen molar-refractivity contribution in [2.75, 3.05) is 18.5 Å². The molecule has 2 aromatic carbocycles. The highest BCUT2D eigenvalue weighted by atomic mass is 79.9. The Balaban J connectivity index is 2.18. The van der Waals surface area contributed by atoms with Gasteiger partial charge in [-0.1, -0.05) is 11.6 Å². The summed E-state index contributed by atoms with van der Waals surface area (Å²) < 4.78 is 25.0. The monoisotopic (exact) mass is 466 g/mol. The molecule has 0 bridgehead atoms. The van der Waals surface area contributed by atoms with Crippen LogP contribution in [-0.4, -0.2) is 24.2 Å². The predicted molar refractivity (Wildman–Crippen MR) is 111 cm³/mol. The molecule has 1 heterocycles. The van der Waals surface area contributed by atoms with Crippen molar-refractivity contribution in [3.8, 4) is 5.75 Å². The van der Waals surface area contributed by atoms with E-state index in [4.69, 9.17) is 21.1 Å². The van der Waals surface area contributed by atoms with Crippen LogP contribution in [-0.2, 0) is 4.74 Å². The largest absolute Gasteiger partial charge is 0.493 e. The van der Waals surface area contributed by atoms with Crippen LogP contribution in [0.25, 0.3) is 10.9 Å². The molecule has 8 heteroatoms. The number of carbonyl (C=O) groups excluding carboxylic acids is 1. The molecule has 0 aliphatic heterocycles. The second-order valence-corrected chi connectivity index (χ2v) is 7.02. The summed E-state index contributed by atoms with van der Waals surface area (Å²) >= 11 is 9.37. The third kappa shape index (κ3) is 4.20. The van der Waals surface area contributed by atoms with Gasteiger partial charge in [0, 0.05) is 23.3 Å². The normalized spacial score (nSPS) is 10.8. The lowest BCUT2D eigenvalue weighted by molar-refractivity contribution is 0.0527. The van der Waals surface area contributed by atoms with E-state index in [1.807, 2.05) is 13.0 Å². The van der Waals surface area contributed by atoms with Gasteiger partial charge in [0.1, 0.15) is 17.1 Å². The maximum Gasteiger partial charge on any atom is 0.341 e. The van der Waals surface area contributed by atoms with Gasteiger partial charge in [0.15, 0.2) is 0 Å². The summed E-state index contributed by atoms with van der Waals surface area (Å²) in [7, 11) is 0. The molecule has 0 saturated carbocycles. The average Bonchev–Trinajstić information content (AvgIpc) is 2.66. The molecule has 0 unspecified atom stereocenters. The third-order valence-corrected chi connectivity index (χ3v) is 4.82. The number of pyridine rings is 1. The van der Waals surface area contributed by atoms with E-state index in [2.05, 4.69) is 26.2 Å². The van der Waals surface area contributed by atoms with Crippen LogP contribution in [0.5, 0.6) is 5.75 Å². The fourth-order valence-electron chi connectivity index (χ4n) is 2.68. The van der Waals surface area contributed by atoms with Crippen LogP contribution in [0.4, 0.5) is 15.8 Å². The summed E-state index contributed by atoms with van der Waals surface area (Å²) in [6.45, 7) is 4.35. The number of rotatable bonds is 6. The predicted octanol–water partition coefficient (Wildman–Crippen LogP) is 6.11. The van der Waals surface area contributed by atoms with Gasteiger partial charge in [0.05, 0.1) is 33.9 Å². The zero-order chi connectivity index (χ0) is 20.3. The van der Waals surface area contributed by atoms with Gasteiger partial charge in [0.25, 0.3) is 0 Å². The fraction of sp³-hybridized carbons (Fsp3) is 0.200. The lowest BCUT2D eigenvalue weighted by atomic mass is 10.1. The van der Waals surface area contributed by atoms with E-state index in [0.29, 0.717) is 39.1 Å². The van der Waals surface area contributed by atoms with Crippen LogP contribution in [0.3, 0.4) is 0 Å². The Kier molecular flexibility index (Phi) is 6.36. The van der Waals surface area contributed by atoms with Gasteiger partial charge < -0.3 is 14.8 Å². The van der Waals surface area contributed by atoms with Crippen LogP contribution in [0, 0.1) is 5.82 Å². The van der Waals surface area contributed by atoms with E-state index >= 15 is 0 Å². The summed E-state index contributed by atoms with van der Waals surface area (Å²) in [5.41, 5.74) is 1.88. The third-order valence-electron chi connectivity index (χ3n) is 3.91. The molecular formula is C20H17BrClFN2O3. The lowest BCUT2D eigenvalue weighted by Crippen LogP contribution is -2.09. The van der Waals surface area contributed by atoms with Gasteiger partial charge in [-0.05, 0) is 54.0 Å². The van der Waals surface area contributed by atoms with Crippen LogP contribution >= 0.6 is 27.5 Å². The molecule has 0 radical (unpaired) electrons. The van der Waals surface area contributed by atoms with Crippen molar-refractivity contribution in [1.82, 2.24) is 4.98 Å². The zero-order valence-electron chi connectivity index (χ0n) is 15.2. The van der Waals surface area contributed by atoms with E-state index in [9.17, 15) is 9.18 Å². The molecule has 3 rings (SSSR count). The van der Waals surface area contributed by atoms with Crippen LogP contribution in [0.1, 0.15) is 24.2 Å². The molecule has 5 nitrogen and oxygen atoms in total. The number of fused-ring (bicyclic) bond motifs is 1. The quantitative estimate of drug-likeness (QED) is 0.443. The summed E-state index contributed by atoms with van der Waals surface area (Å²) in [6, 6.07) is 7.82. The minimum Gasteiger partial charge on any atom is -0.493 e. The van der Waals surface area contributed by atoms with Crippen molar-refractivity contribution < 1.29 is 18.7 Å². The Morgan fingerprint density at radius 3 is 2.71 bits per heavy atom. The molecule has 0 fully saturated rings. The highest BCUT2D eigenvalue weighted by Gasteiger charge is 2.19. The summed E-state index contributed by atoms with van der Waals surface area (Å²) in [4.78, 5) is 16.8. The average molecular weight is 468 g/mol. The molecule has 0 aliphatic rings. The Morgan fingerprint density at radius 1 is 1.25 bits per heavy atom. The number of halogens is 3. The SMILES string of the molecule is CCOC(=O)c1cnc2cc(OCC)c(Br)cc2c1Nc1ccc(F)c(Cl)c1. The van der Waals surface area contributed by atoms with E-state index < -0.39 is 11.8 Å². The Hall–Kier alpha value is -2.38. The molecule has 28 heavy (non-hydrogen) atoms. The zero-order valence-corrected chi connectivity index (χ0v) is 17.5. The minimum atomic E-state index is -0.526. The van der Waals surface area contributed by atoms with Crippen molar-refractivity contribution in [1.29, 1.82) is 0 Å². The molecule has 0 aliphatic carbocycles. The minimum absolute atomic E-state index is 0.0270. The molecular weight excluding hydrogens is 451 g/mol. The number of ether oxygens (including phenoxy) is 2. The highest BCUT2D eigenvalue weighted by molar-refractivity contribution is 9.10.